The number of aryl methyl sites for hydroxylation is 1. The summed E-state index contributed by atoms with van der Waals surface area (Å²) in [5.74, 6) is 0.629. The first-order valence-corrected chi connectivity index (χ1v) is 11.0. The lowest BCUT2D eigenvalue weighted by Gasteiger charge is -2.32. The molecule has 0 spiro atoms. The van der Waals surface area contributed by atoms with E-state index in [4.69, 9.17) is 0 Å². The van der Waals surface area contributed by atoms with Crippen molar-refractivity contribution in [1.82, 2.24) is 9.47 Å². The minimum Gasteiger partial charge on any atom is -0.341 e. The lowest BCUT2D eigenvalue weighted by atomic mass is 9.89. The van der Waals surface area contributed by atoms with Gasteiger partial charge in [-0.05, 0) is 55.5 Å². The Morgan fingerprint density at radius 3 is 2.32 bits per heavy atom. The molecule has 1 saturated heterocycles. The van der Waals surface area contributed by atoms with Crippen molar-refractivity contribution in [2.24, 2.45) is 0 Å². The van der Waals surface area contributed by atoms with E-state index in [0.29, 0.717) is 16.7 Å². The van der Waals surface area contributed by atoms with Crippen molar-refractivity contribution in [2.45, 2.75) is 32.2 Å². The molecule has 1 aliphatic heterocycles. The van der Waals surface area contributed by atoms with Gasteiger partial charge in [0.1, 0.15) is 6.54 Å². The molecule has 0 saturated carbocycles. The van der Waals surface area contributed by atoms with E-state index >= 15 is 0 Å². The van der Waals surface area contributed by atoms with Crippen LogP contribution in [-0.2, 0) is 11.3 Å². The van der Waals surface area contributed by atoms with Gasteiger partial charge in [0.05, 0.1) is 11.0 Å². The molecule has 2 heterocycles. The van der Waals surface area contributed by atoms with E-state index in [1.807, 2.05) is 64.9 Å². The monoisotopic (exact) mass is 410 g/mol. The number of hydrogen-bond acceptors (Lipinski definition) is 2. The molecule has 0 aliphatic carbocycles. The Morgan fingerprint density at radius 1 is 0.871 bits per heavy atom. The molecular weight excluding hydrogens is 384 g/mol. The molecule has 0 atom stereocenters. The van der Waals surface area contributed by atoms with E-state index in [-0.39, 0.29) is 17.9 Å². The smallest absolute Gasteiger partial charge is 0.242 e. The second-order valence-electron chi connectivity index (χ2n) is 8.52. The number of nitrogens with zero attached hydrogens (tertiary/aromatic N) is 2. The van der Waals surface area contributed by atoms with Gasteiger partial charge in [0, 0.05) is 23.9 Å². The summed E-state index contributed by atoms with van der Waals surface area (Å²) in [6.07, 6.45) is 1.97. The van der Waals surface area contributed by atoms with Crippen LogP contribution in [0.5, 0.6) is 0 Å². The van der Waals surface area contributed by atoms with Gasteiger partial charge in [-0.25, -0.2) is 0 Å². The molecule has 1 fully saturated rings. The average Bonchev–Trinajstić information content (AvgIpc) is 2.82. The van der Waals surface area contributed by atoms with E-state index in [1.165, 1.54) is 5.56 Å². The summed E-state index contributed by atoms with van der Waals surface area (Å²) in [5, 5.41) is 1.34. The number of fused-ring (bicyclic) bond motifs is 2. The van der Waals surface area contributed by atoms with Gasteiger partial charge in [-0.2, -0.15) is 0 Å². The van der Waals surface area contributed by atoms with E-state index in [9.17, 15) is 9.59 Å². The fourth-order valence-electron chi connectivity index (χ4n) is 4.84. The number of benzene rings is 3. The lowest BCUT2D eigenvalue weighted by Crippen LogP contribution is -2.40. The van der Waals surface area contributed by atoms with Crippen LogP contribution < -0.4 is 5.43 Å². The van der Waals surface area contributed by atoms with Gasteiger partial charge in [-0.15, -0.1) is 0 Å². The van der Waals surface area contributed by atoms with Crippen LogP contribution in [-0.4, -0.2) is 28.5 Å². The first-order valence-electron chi connectivity index (χ1n) is 11.0. The first-order chi connectivity index (χ1) is 15.1. The zero-order chi connectivity index (χ0) is 21.4. The summed E-state index contributed by atoms with van der Waals surface area (Å²) in [4.78, 5) is 28.3. The minimum absolute atomic E-state index is 0.0293. The number of para-hydroxylation sites is 1. The maximum atomic E-state index is 13.3. The van der Waals surface area contributed by atoms with Crippen LogP contribution in [0.25, 0.3) is 21.8 Å². The summed E-state index contributed by atoms with van der Waals surface area (Å²) in [7, 11) is 0. The molecule has 0 bridgehead atoms. The molecule has 0 N–H and O–H groups in total. The Labute approximate surface area is 181 Å². The Kier molecular flexibility index (Phi) is 5.06. The van der Waals surface area contributed by atoms with Crippen molar-refractivity contribution in [3.8, 4) is 0 Å². The molecule has 1 aliphatic rings. The molecule has 1 amide bonds. The summed E-state index contributed by atoms with van der Waals surface area (Å²) in [5.41, 5.74) is 4.07. The van der Waals surface area contributed by atoms with E-state index in [1.54, 1.807) is 0 Å². The molecule has 5 rings (SSSR count). The molecular formula is C27H26N2O2. The number of amides is 1. The van der Waals surface area contributed by atoms with Gasteiger partial charge in [-0.1, -0.05) is 54.1 Å². The molecule has 0 radical (unpaired) electrons. The maximum Gasteiger partial charge on any atom is 0.242 e. The number of aromatic nitrogens is 1. The van der Waals surface area contributed by atoms with Crippen molar-refractivity contribution in [3.63, 3.8) is 0 Å². The third-order valence-electron chi connectivity index (χ3n) is 6.54. The summed E-state index contributed by atoms with van der Waals surface area (Å²) >= 11 is 0. The van der Waals surface area contributed by atoms with Crippen LogP contribution in [0.15, 0.2) is 77.6 Å². The van der Waals surface area contributed by atoms with Crippen LogP contribution in [0.3, 0.4) is 0 Å². The zero-order valence-electron chi connectivity index (χ0n) is 17.8. The Hall–Kier alpha value is -3.40. The molecule has 31 heavy (non-hydrogen) atoms. The van der Waals surface area contributed by atoms with Crippen molar-refractivity contribution >= 4 is 27.7 Å². The van der Waals surface area contributed by atoms with Gasteiger partial charge in [-0.3, -0.25) is 9.59 Å². The highest BCUT2D eigenvalue weighted by Crippen LogP contribution is 2.28. The van der Waals surface area contributed by atoms with E-state index < -0.39 is 0 Å². The highest BCUT2D eigenvalue weighted by atomic mass is 16.2. The number of piperidine rings is 1. The second-order valence-corrected chi connectivity index (χ2v) is 8.52. The third kappa shape index (κ3) is 3.63. The molecule has 3 aromatic carbocycles. The lowest BCUT2D eigenvalue weighted by molar-refractivity contribution is -0.132. The Bertz CT molecular complexity index is 1320. The molecule has 4 heteroatoms. The van der Waals surface area contributed by atoms with E-state index in [0.717, 1.165) is 42.5 Å². The number of hydrogen-bond donors (Lipinski definition) is 0. The molecule has 156 valence electrons. The number of carbonyl (C=O) groups is 1. The predicted molar refractivity (Wildman–Crippen MR) is 125 cm³/mol. The standard InChI is InChI=1S/C27H26N2O2/c1-19-11-12-25-23(17-19)27(31)22-9-5-6-10-24(22)29(25)18-26(30)28-15-13-21(14-16-28)20-7-3-2-4-8-20/h2-12,17,21H,13-16,18H2,1H3. The minimum atomic E-state index is 0.0293. The SMILES string of the molecule is Cc1ccc2c(c1)c(=O)c1ccccc1n2CC(=O)N1CCC(c2ccccc2)CC1. The highest BCUT2D eigenvalue weighted by molar-refractivity contribution is 5.95. The van der Waals surface area contributed by atoms with Crippen LogP contribution in [0.2, 0.25) is 0 Å². The summed E-state index contributed by atoms with van der Waals surface area (Å²) in [6, 6.07) is 24.1. The number of likely N-dealkylation sites (tertiary alicyclic amines) is 1. The fourth-order valence-corrected chi connectivity index (χ4v) is 4.84. The van der Waals surface area contributed by atoms with E-state index in [2.05, 4.69) is 24.3 Å². The second kappa shape index (κ2) is 8.03. The van der Waals surface area contributed by atoms with Crippen LogP contribution in [0.1, 0.15) is 29.9 Å². The van der Waals surface area contributed by atoms with Crippen molar-refractivity contribution in [1.29, 1.82) is 0 Å². The Balaban J connectivity index is 1.44. The molecule has 4 nitrogen and oxygen atoms in total. The zero-order valence-corrected chi connectivity index (χ0v) is 17.8. The van der Waals surface area contributed by atoms with Gasteiger partial charge in [0.25, 0.3) is 0 Å². The average molecular weight is 411 g/mol. The normalized spacial score (nSPS) is 14.9. The summed E-state index contributed by atoms with van der Waals surface area (Å²) < 4.78 is 2.01. The largest absolute Gasteiger partial charge is 0.341 e. The number of rotatable bonds is 3. The number of pyridine rings is 1. The van der Waals surface area contributed by atoms with Crippen LogP contribution >= 0.6 is 0 Å². The first kappa shape index (κ1) is 19.6. The molecule has 1 aromatic heterocycles. The quantitative estimate of drug-likeness (QED) is 0.452. The topological polar surface area (TPSA) is 42.3 Å². The van der Waals surface area contributed by atoms with Crippen molar-refractivity contribution < 1.29 is 4.79 Å². The third-order valence-corrected chi connectivity index (χ3v) is 6.54. The van der Waals surface area contributed by atoms with Gasteiger partial charge >= 0.3 is 0 Å². The molecule has 0 unspecified atom stereocenters. The summed E-state index contributed by atoms with van der Waals surface area (Å²) in [6.45, 7) is 3.78. The predicted octanol–water partition coefficient (Wildman–Crippen LogP) is 4.87. The van der Waals surface area contributed by atoms with Crippen molar-refractivity contribution in [3.05, 3.63) is 94.1 Å². The number of carbonyl (C=O) groups excluding carboxylic acids is 1. The van der Waals surface area contributed by atoms with Crippen molar-refractivity contribution in [2.75, 3.05) is 13.1 Å². The fraction of sp³-hybridized carbons (Fsp3) is 0.259. The van der Waals surface area contributed by atoms with Gasteiger partial charge in [0.15, 0.2) is 5.43 Å². The molecule has 4 aromatic rings. The maximum absolute atomic E-state index is 13.3. The van der Waals surface area contributed by atoms with Gasteiger partial charge < -0.3 is 9.47 Å². The van der Waals surface area contributed by atoms with Crippen LogP contribution in [0.4, 0.5) is 0 Å². The van der Waals surface area contributed by atoms with Crippen LogP contribution in [0, 0.1) is 6.92 Å². The van der Waals surface area contributed by atoms with Gasteiger partial charge in [0.2, 0.25) is 5.91 Å². The highest BCUT2D eigenvalue weighted by Gasteiger charge is 2.24. The Morgan fingerprint density at radius 2 is 1.55 bits per heavy atom.